The van der Waals surface area contributed by atoms with Crippen LogP contribution in [0.15, 0.2) is 15.7 Å². The second-order valence-corrected chi connectivity index (χ2v) is 3.22. The smallest absolute Gasteiger partial charge is 0.370 e. The summed E-state index contributed by atoms with van der Waals surface area (Å²) < 4.78 is 28.7. The fraction of sp³-hybridized carbons (Fsp3) is 0.400. The van der Waals surface area contributed by atoms with Crippen LogP contribution in [0.25, 0.3) is 0 Å². The molecule has 0 unspecified atom stereocenters. The van der Waals surface area contributed by atoms with Crippen molar-refractivity contribution in [3.05, 3.63) is 11.3 Å². The highest BCUT2D eigenvalue weighted by Crippen LogP contribution is 2.13. The Kier molecular flexibility index (Phi) is 1.52. The molecule has 1 heterocycles. The molecular weight excluding hydrogens is 154 g/mol. The van der Waals surface area contributed by atoms with Crippen LogP contribution in [-0.4, -0.2) is 14.6 Å². The zero-order chi connectivity index (χ0) is 7.78. The first-order chi connectivity index (χ1) is 4.51. The fourth-order valence-corrected chi connectivity index (χ4v) is 1.26. The Morgan fingerprint density at radius 2 is 2.10 bits per heavy atom. The Morgan fingerprint density at radius 3 is 2.50 bits per heavy atom. The molecule has 0 N–H and O–H groups in total. The molecule has 0 aliphatic carbocycles. The van der Waals surface area contributed by atoms with E-state index >= 15 is 0 Å². The zero-order valence-corrected chi connectivity index (χ0v) is 6.47. The molecule has 0 aromatic rings. The van der Waals surface area contributed by atoms with Crippen LogP contribution in [0.1, 0.15) is 13.8 Å². The second-order valence-electron chi connectivity index (χ2n) is 1.98. The molecule has 56 valence electrons. The maximum Gasteiger partial charge on any atom is 0.428 e. The first-order valence-electron chi connectivity index (χ1n) is 2.68. The predicted molar refractivity (Wildman–Crippen MR) is 36.9 cm³/mol. The predicted octanol–water partition coefficient (Wildman–Crippen LogP) is 0.626. The standard InChI is InChI=1S/C5H7NO3S/c1-4-3-6-10(7,8)9-5(4)2/h3H,1-2H3. The van der Waals surface area contributed by atoms with Crippen LogP contribution in [-0.2, 0) is 14.5 Å². The fourth-order valence-electron chi connectivity index (χ4n) is 0.480. The molecule has 0 atom stereocenters. The third-order valence-corrected chi connectivity index (χ3v) is 1.99. The van der Waals surface area contributed by atoms with Crippen molar-refractivity contribution in [2.24, 2.45) is 4.40 Å². The minimum Gasteiger partial charge on any atom is -0.370 e. The quantitative estimate of drug-likeness (QED) is 0.523. The average molecular weight is 161 g/mol. The first kappa shape index (κ1) is 7.27. The van der Waals surface area contributed by atoms with Crippen LogP contribution < -0.4 is 0 Å². The summed E-state index contributed by atoms with van der Waals surface area (Å²) >= 11 is 0. The van der Waals surface area contributed by atoms with E-state index in [2.05, 4.69) is 8.58 Å². The molecule has 0 bridgehead atoms. The lowest BCUT2D eigenvalue weighted by atomic mass is 10.3. The molecule has 4 nitrogen and oxygen atoms in total. The van der Waals surface area contributed by atoms with Crippen LogP contribution >= 0.6 is 0 Å². The zero-order valence-electron chi connectivity index (χ0n) is 5.66. The summed E-state index contributed by atoms with van der Waals surface area (Å²) in [6.07, 6.45) is 1.27. The number of hydrogen-bond acceptors (Lipinski definition) is 3. The van der Waals surface area contributed by atoms with Gasteiger partial charge in [-0.2, -0.15) is 8.42 Å². The van der Waals surface area contributed by atoms with Gasteiger partial charge in [-0.05, 0) is 13.8 Å². The molecule has 1 aliphatic rings. The van der Waals surface area contributed by atoms with Crippen molar-refractivity contribution in [2.75, 3.05) is 0 Å². The monoisotopic (exact) mass is 161 g/mol. The highest BCUT2D eigenvalue weighted by molar-refractivity contribution is 7.85. The molecule has 0 saturated carbocycles. The van der Waals surface area contributed by atoms with Gasteiger partial charge in [0.25, 0.3) is 0 Å². The maximum atomic E-state index is 10.6. The van der Waals surface area contributed by atoms with Crippen molar-refractivity contribution in [2.45, 2.75) is 13.8 Å². The SMILES string of the molecule is CC1=C(C)OS(=O)(=O)N=C1. The number of hydrogen-bond donors (Lipinski definition) is 0. The lowest BCUT2D eigenvalue weighted by molar-refractivity contribution is 0.404. The second kappa shape index (κ2) is 2.09. The molecule has 0 amide bonds. The van der Waals surface area contributed by atoms with Crippen LogP contribution in [0.2, 0.25) is 0 Å². The van der Waals surface area contributed by atoms with Gasteiger partial charge in [-0.15, -0.1) is 4.40 Å². The topological polar surface area (TPSA) is 55.7 Å². The molecular formula is C5H7NO3S. The maximum absolute atomic E-state index is 10.6. The highest BCUT2D eigenvalue weighted by Gasteiger charge is 2.14. The van der Waals surface area contributed by atoms with E-state index in [0.29, 0.717) is 5.76 Å². The van der Waals surface area contributed by atoms with Gasteiger partial charge < -0.3 is 4.18 Å². The van der Waals surface area contributed by atoms with Gasteiger partial charge in [0.05, 0.1) is 0 Å². The Hall–Kier alpha value is -0.840. The Bertz CT molecular complexity index is 299. The minimum absolute atomic E-state index is 0.384. The number of allylic oxidation sites excluding steroid dienone is 2. The molecule has 10 heavy (non-hydrogen) atoms. The molecule has 1 rings (SSSR count). The van der Waals surface area contributed by atoms with Gasteiger partial charge in [0.1, 0.15) is 5.76 Å². The summed E-state index contributed by atoms with van der Waals surface area (Å²) in [5.41, 5.74) is 0.731. The van der Waals surface area contributed by atoms with Gasteiger partial charge in [0, 0.05) is 11.8 Å². The molecule has 1 aliphatic heterocycles. The average Bonchev–Trinajstić information content (AvgIpc) is 1.79. The number of rotatable bonds is 0. The summed E-state index contributed by atoms with van der Waals surface area (Å²) in [6, 6.07) is 0. The molecule has 0 spiro atoms. The van der Waals surface area contributed by atoms with Crippen molar-refractivity contribution >= 4 is 16.5 Å². The van der Waals surface area contributed by atoms with E-state index < -0.39 is 10.3 Å². The van der Waals surface area contributed by atoms with Gasteiger partial charge in [-0.25, -0.2) is 0 Å². The van der Waals surface area contributed by atoms with Gasteiger partial charge in [-0.1, -0.05) is 0 Å². The Balaban J connectivity index is 3.07. The lowest BCUT2D eigenvalue weighted by Gasteiger charge is -2.08. The molecule has 0 fully saturated rings. The number of nitrogens with zero attached hydrogens (tertiary/aromatic N) is 1. The summed E-state index contributed by atoms with van der Waals surface area (Å²) in [6.45, 7) is 3.31. The van der Waals surface area contributed by atoms with E-state index in [9.17, 15) is 8.42 Å². The third-order valence-electron chi connectivity index (χ3n) is 1.16. The first-order valence-corrected chi connectivity index (χ1v) is 4.05. The van der Waals surface area contributed by atoms with Crippen molar-refractivity contribution in [1.82, 2.24) is 0 Å². The molecule has 5 heteroatoms. The highest BCUT2D eigenvalue weighted by atomic mass is 32.2. The van der Waals surface area contributed by atoms with Crippen LogP contribution in [0.3, 0.4) is 0 Å². The minimum atomic E-state index is -3.65. The van der Waals surface area contributed by atoms with Crippen molar-refractivity contribution in [1.29, 1.82) is 0 Å². The largest absolute Gasteiger partial charge is 0.428 e. The van der Waals surface area contributed by atoms with Crippen molar-refractivity contribution in [3.63, 3.8) is 0 Å². The van der Waals surface area contributed by atoms with Crippen LogP contribution in [0.5, 0.6) is 0 Å². The molecule has 0 saturated heterocycles. The van der Waals surface area contributed by atoms with E-state index in [4.69, 9.17) is 0 Å². The van der Waals surface area contributed by atoms with E-state index in [1.165, 1.54) is 6.21 Å². The van der Waals surface area contributed by atoms with E-state index in [1.54, 1.807) is 13.8 Å². The normalized spacial score (nSPS) is 22.6. The van der Waals surface area contributed by atoms with Gasteiger partial charge in [0.15, 0.2) is 0 Å². The third kappa shape index (κ3) is 1.36. The van der Waals surface area contributed by atoms with Gasteiger partial charge in [0.2, 0.25) is 0 Å². The Labute approximate surface area is 59.5 Å². The van der Waals surface area contributed by atoms with Crippen molar-refractivity contribution in [3.8, 4) is 0 Å². The molecule has 0 aromatic carbocycles. The van der Waals surface area contributed by atoms with Crippen LogP contribution in [0.4, 0.5) is 0 Å². The summed E-state index contributed by atoms with van der Waals surface area (Å²) in [4.78, 5) is 0. The van der Waals surface area contributed by atoms with E-state index in [-0.39, 0.29) is 0 Å². The summed E-state index contributed by atoms with van der Waals surface area (Å²) in [7, 11) is -3.65. The summed E-state index contributed by atoms with van der Waals surface area (Å²) in [5, 5.41) is 0. The van der Waals surface area contributed by atoms with Gasteiger partial charge >= 0.3 is 10.3 Å². The van der Waals surface area contributed by atoms with E-state index in [1.807, 2.05) is 0 Å². The summed E-state index contributed by atoms with van der Waals surface area (Å²) in [5.74, 6) is 0.384. The van der Waals surface area contributed by atoms with Gasteiger partial charge in [-0.3, -0.25) is 0 Å². The van der Waals surface area contributed by atoms with Crippen molar-refractivity contribution < 1.29 is 12.6 Å². The van der Waals surface area contributed by atoms with E-state index in [0.717, 1.165) is 5.57 Å². The lowest BCUT2D eigenvalue weighted by Crippen LogP contribution is -2.07. The molecule has 0 radical (unpaired) electrons. The Morgan fingerprint density at radius 1 is 1.50 bits per heavy atom. The molecule has 0 aromatic heterocycles. The van der Waals surface area contributed by atoms with Crippen LogP contribution in [0, 0.1) is 0 Å².